The summed E-state index contributed by atoms with van der Waals surface area (Å²) in [7, 11) is 0. The van der Waals surface area contributed by atoms with Crippen LogP contribution in [0.4, 0.5) is 5.69 Å². The topological polar surface area (TPSA) is 23.6 Å². The Kier molecular flexibility index (Phi) is 4.20. The number of hydrogen-bond donors (Lipinski definition) is 1. The first-order valence-electron chi connectivity index (χ1n) is 7.53. The number of rotatable bonds is 3. The number of nitrogens with zero attached hydrogens (tertiary/aromatic N) is 2. The zero-order valence-electron chi connectivity index (χ0n) is 11.8. The zero-order chi connectivity index (χ0) is 13.9. The molecule has 4 heteroatoms. The summed E-state index contributed by atoms with van der Waals surface area (Å²) in [5, 5.41) is 0.199. The van der Waals surface area contributed by atoms with E-state index in [0.29, 0.717) is 6.42 Å². The van der Waals surface area contributed by atoms with Crippen molar-refractivity contribution >= 4 is 24.2 Å². The standard InChI is InChI=1S/C16H22N2OS/c19-16-10-14(20)12-18(16)11-13-6-2-3-7-15(13)17-8-4-1-5-9-17/h2-3,6-7,14,20H,1,4-5,8-12H2. The average molecular weight is 290 g/mol. The zero-order valence-corrected chi connectivity index (χ0v) is 12.7. The largest absolute Gasteiger partial charge is 0.371 e. The third kappa shape index (κ3) is 2.95. The molecule has 0 spiro atoms. The van der Waals surface area contributed by atoms with E-state index in [2.05, 4.69) is 41.8 Å². The number of benzene rings is 1. The molecule has 3 nitrogen and oxygen atoms in total. The Bertz CT molecular complexity index is 485. The molecule has 2 fully saturated rings. The Labute approximate surface area is 126 Å². The SMILES string of the molecule is O=C1CC(S)CN1Cc1ccccc1N1CCCCC1. The molecule has 0 radical (unpaired) electrons. The van der Waals surface area contributed by atoms with Crippen LogP contribution < -0.4 is 4.90 Å². The lowest BCUT2D eigenvalue weighted by Gasteiger charge is -2.31. The van der Waals surface area contributed by atoms with E-state index in [4.69, 9.17) is 0 Å². The third-order valence-electron chi connectivity index (χ3n) is 4.24. The summed E-state index contributed by atoms with van der Waals surface area (Å²) in [5.41, 5.74) is 2.58. The lowest BCUT2D eigenvalue weighted by molar-refractivity contribution is -0.128. The van der Waals surface area contributed by atoms with E-state index >= 15 is 0 Å². The normalized spacial score (nSPS) is 23.4. The molecular formula is C16H22N2OS. The summed E-state index contributed by atoms with van der Waals surface area (Å²) < 4.78 is 0. The predicted octanol–water partition coefficient (Wildman–Crippen LogP) is 2.71. The van der Waals surface area contributed by atoms with Crippen LogP contribution in [-0.4, -0.2) is 35.7 Å². The second-order valence-electron chi connectivity index (χ2n) is 5.81. The van der Waals surface area contributed by atoms with Crippen molar-refractivity contribution < 1.29 is 4.79 Å². The summed E-state index contributed by atoms with van der Waals surface area (Å²) in [6.45, 7) is 3.78. The van der Waals surface area contributed by atoms with E-state index in [1.165, 1.54) is 30.5 Å². The number of amides is 1. The first-order valence-corrected chi connectivity index (χ1v) is 8.04. The second kappa shape index (κ2) is 6.08. The molecule has 1 atom stereocenters. The minimum absolute atomic E-state index is 0.199. The molecule has 1 amide bonds. The highest BCUT2D eigenvalue weighted by Crippen LogP contribution is 2.27. The molecule has 1 aromatic rings. The van der Waals surface area contributed by atoms with Gasteiger partial charge in [-0.25, -0.2) is 0 Å². The Balaban J connectivity index is 1.77. The lowest BCUT2D eigenvalue weighted by Crippen LogP contribution is -2.31. The van der Waals surface area contributed by atoms with Crippen molar-refractivity contribution in [2.75, 3.05) is 24.5 Å². The van der Waals surface area contributed by atoms with Gasteiger partial charge in [0.1, 0.15) is 0 Å². The van der Waals surface area contributed by atoms with E-state index < -0.39 is 0 Å². The van der Waals surface area contributed by atoms with Crippen LogP contribution in [0.5, 0.6) is 0 Å². The van der Waals surface area contributed by atoms with Gasteiger partial charge in [-0.05, 0) is 30.9 Å². The van der Waals surface area contributed by atoms with Crippen LogP contribution in [0, 0.1) is 0 Å². The number of piperidine rings is 1. The minimum atomic E-state index is 0.199. The monoisotopic (exact) mass is 290 g/mol. The van der Waals surface area contributed by atoms with Crippen LogP contribution >= 0.6 is 12.6 Å². The van der Waals surface area contributed by atoms with Gasteiger partial charge >= 0.3 is 0 Å². The maximum atomic E-state index is 11.9. The van der Waals surface area contributed by atoms with Gasteiger partial charge in [0.15, 0.2) is 0 Å². The van der Waals surface area contributed by atoms with Gasteiger partial charge in [0.25, 0.3) is 0 Å². The van der Waals surface area contributed by atoms with Crippen molar-refractivity contribution in [2.24, 2.45) is 0 Å². The van der Waals surface area contributed by atoms with Crippen molar-refractivity contribution in [2.45, 2.75) is 37.5 Å². The van der Waals surface area contributed by atoms with E-state index in [9.17, 15) is 4.79 Å². The van der Waals surface area contributed by atoms with Crippen molar-refractivity contribution in [1.82, 2.24) is 4.90 Å². The average Bonchev–Trinajstić information content (AvgIpc) is 2.78. The maximum absolute atomic E-state index is 11.9. The van der Waals surface area contributed by atoms with Gasteiger partial charge in [0.2, 0.25) is 5.91 Å². The Morgan fingerprint density at radius 2 is 1.90 bits per heavy atom. The summed E-state index contributed by atoms with van der Waals surface area (Å²) >= 11 is 4.43. The van der Waals surface area contributed by atoms with Gasteiger partial charge in [-0.15, -0.1) is 0 Å². The molecule has 0 aromatic heterocycles. The first-order chi connectivity index (χ1) is 9.74. The molecule has 0 aliphatic carbocycles. The minimum Gasteiger partial charge on any atom is -0.371 e. The van der Waals surface area contributed by atoms with Crippen molar-refractivity contribution in [3.05, 3.63) is 29.8 Å². The van der Waals surface area contributed by atoms with Gasteiger partial charge in [0, 0.05) is 43.5 Å². The molecule has 2 saturated heterocycles. The van der Waals surface area contributed by atoms with E-state index in [0.717, 1.165) is 26.2 Å². The number of thiol groups is 1. The summed E-state index contributed by atoms with van der Waals surface area (Å²) in [6.07, 6.45) is 4.46. The summed E-state index contributed by atoms with van der Waals surface area (Å²) in [5.74, 6) is 0.235. The van der Waals surface area contributed by atoms with Crippen LogP contribution in [0.3, 0.4) is 0 Å². The van der Waals surface area contributed by atoms with Crippen molar-refractivity contribution in [1.29, 1.82) is 0 Å². The molecule has 20 heavy (non-hydrogen) atoms. The fourth-order valence-electron chi connectivity index (χ4n) is 3.20. The number of anilines is 1. The van der Waals surface area contributed by atoms with Crippen LogP contribution in [0.25, 0.3) is 0 Å². The number of hydrogen-bond acceptors (Lipinski definition) is 3. The number of likely N-dealkylation sites (tertiary alicyclic amines) is 1. The van der Waals surface area contributed by atoms with E-state index in [1.807, 2.05) is 4.90 Å². The predicted molar refractivity (Wildman–Crippen MR) is 85.3 cm³/mol. The van der Waals surface area contributed by atoms with Crippen LogP contribution in [0.2, 0.25) is 0 Å². The molecule has 2 aliphatic heterocycles. The van der Waals surface area contributed by atoms with Crippen molar-refractivity contribution in [3.63, 3.8) is 0 Å². The van der Waals surface area contributed by atoms with Crippen LogP contribution in [0.1, 0.15) is 31.2 Å². The Morgan fingerprint density at radius 1 is 1.15 bits per heavy atom. The third-order valence-corrected chi connectivity index (χ3v) is 4.59. The highest BCUT2D eigenvalue weighted by molar-refractivity contribution is 7.81. The number of para-hydroxylation sites is 1. The number of carbonyl (C=O) groups is 1. The summed E-state index contributed by atoms with van der Waals surface area (Å²) in [6, 6.07) is 8.52. The molecule has 0 saturated carbocycles. The molecular weight excluding hydrogens is 268 g/mol. The van der Waals surface area contributed by atoms with Crippen molar-refractivity contribution in [3.8, 4) is 0 Å². The molecule has 1 unspecified atom stereocenters. The molecule has 108 valence electrons. The van der Waals surface area contributed by atoms with Gasteiger partial charge in [0.05, 0.1) is 0 Å². The quantitative estimate of drug-likeness (QED) is 0.865. The van der Waals surface area contributed by atoms with Gasteiger partial charge in [-0.1, -0.05) is 18.2 Å². The fourth-order valence-corrected chi connectivity index (χ4v) is 3.55. The van der Waals surface area contributed by atoms with Gasteiger partial charge in [-0.3, -0.25) is 4.79 Å². The smallest absolute Gasteiger partial charge is 0.224 e. The molecule has 2 aliphatic rings. The Hall–Kier alpha value is -1.16. The molecule has 1 aromatic carbocycles. The first kappa shape index (κ1) is 13.8. The maximum Gasteiger partial charge on any atom is 0.224 e. The Morgan fingerprint density at radius 3 is 2.60 bits per heavy atom. The fraction of sp³-hybridized carbons (Fsp3) is 0.562. The molecule has 3 rings (SSSR count). The van der Waals surface area contributed by atoms with E-state index in [-0.39, 0.29) is 11.2 Å². The van der Waals surface area contributed by atoms with Crippen LogP contribution in [0.15, 0.2) is 24.3 Å². The van der Waals surface area contributed by atoms with Gasteiger partial charge in [-0.2, -0.15) is 12.6 Å². The molecule has 0 bridgehead atoms. The second-order valence-corrected chi connectivity index (χ2v) is 6.54. The molecule has 2 heterocycles. The van der Waals surface area contributed by atoms with E-state index in [1.54, 1.807) is 0 Å². The van der Waals surface area contributed by atoms with Crippen LogP contribution in [-0.2, 0) is 11.3 Å². The van der Waals surface area contributed by atoms with Gasteiger partial charge < -0.3 is 9.80 Å². The molecule has 0 N–H and O–H groups in total. The lowest BCUT2D eigenvalue weighted by atomic mass is 10.1. The number of carbonyl (C=O) groups excluding carboxylic acids is 1. The summed E-state index contributed by atoms with van der Waals surface area (Å²) in [4.78, 5) is 16.4. The highest BCUT2D eigenvalue weighted by Gasteiger charge is 2.28. The highest BCUT2D eigenvalue weighted by atomic mass is 32.1.